The van der Waals surface area contributed by atoms with Gasteiger partial charge in [0.2, 0.25) is 0 Å². The molecule has 0 saturated carbocycles. The van der Waals surface area contributed by atoms with Crippen LogP contribution in [0.15, 0.2) is 24.3 Å². The highest BCUT2D eigenvalue weighted by atomic mass is 79.9. The van der Waals surface area contributed by atoms with Crippen molar-refractivity contribution < 1.29 is 4.79 Å². The molecule has 1 nitrogen and oxygen atoms in total. The van der Waals surface area contributed by atoms with Crippen molar-refractivity contribution in [2.24, 2.45) is 0 Å². The molecule has 0 aromatic heterocycles. The second kappa shape index (κ2) is 3.85. The Hall–Kier alpha value is -0.630. The van der Waals surface area contributed by atoms with Gasteiger partial charge in [-0.3, -0.25) is 4.79 Å². The van der Waals surface area contributed by atoms with Crippen LogP contribution in [-0.2, 0) is 0 Å². The second-order valence-electron chi connectivity index (χ2n) is 2.80. The SMILES string of the molecule is CC(=O)c1cccc(C(C)Br)c1. The Balaban J connectivity index is 3.04. The van der Waals surface area contributed by atoms with Crippen molar-refractivity contribution in [2.45, 2.75) is 18.7 Å². The highest BCUT2D eigenvalue weighted by molar-refractivity contribution is 9.09. The molecule has 12 heavy (non-hydrogen) atoms. The third-order valence-electron chi connectivity index (χ3n) is 1.75. The van der Waals surface area contributed by atoms with Crippen LogP contribution in [0.4, 0.5) is 0 Å². The highest BCUT2D eigenvalue weighted by Crippen LogP contribution is 2.22. The molecule has 0 amide bonds. The first kappa shape index (κ1) is 9.46. The van der Waals surface area contributed by atoms with Crippen molar-refractivity contribution in [2.75, 3.05) is 0 Å². The first-order valence-electron chi connectivity index (χ1n) is 3.86. The van der Waals surface area contributed by atoms with Crippen molar-refractivity contribution in [3.05, 3.63) is 35.4 Å². The molecule has 0 saturated heterocycles. The number of carbonyl (C=O) groups is 1. The normalized spacial score (nSPS) is 12.6. The zero-order chi connectivity index (χ0) is 9.14. The largest absolute Gasteiger partial charge is 0.295 e. The smallest absolute Gasteiger partial charge is 0.159 e. The van der Waals surface area contributed by atoms with Gasteiger partial charge in [0.15, 0.2) is 5.78 Å². The fourth-order valence-electron chi connectivity index (χ4n) is 1.01. The predicted molar refractivity (Wildman–Crippen MR) is 53.8 cm³/mol. The minimum absolute atomic E-state index is 0.116. The number of alkyl halides is 1. The van der Waals surface area contributed by atoms with Crippen LogP contribution in [-0.4, -0.2) is 5.78 Å². The number of ketones is 1. The number of Topliss-reactive ketones (excluding diaryl/α,β-unsaturated/α-hetero) is 1. The first-order chi connectivity index (χ1) is 5.61. The van der Waals surface area contributed by atoms with Crippen LogP contribution >= 0.6 is 15.9 Å². The van der Waals surface area contributed by atoms with E-state index in [2.05, 4.69) is 15.9 Å². The van der Waals surface area contributed by atoms with Crippen LogP contribution in [0, 0.1) is 0 Å². The van der Waals surface area contributed by atoms with E-state index in [1.54, 1.807) is 6.92 Å². The molecule has 1 aromatic carbocycles. The summed E-state index contributed by atoms with van der Waals surface area (Å²) >= 11 is 3.45. The van der Waals surface area contributed by atoms with E-state index in [4.69, 9.17) is 0 Å². The van der Waals surface area contributed by atoms with Crippen molar-refractivity contribution >= 4 is 21.7 Å². The Morgan fingerprint density at radius 2 is 2.17 bits per heavy atom. The zero-order valence-electron chi connectivity index (χ0n) is 7.17. The second-order valence-corrected chi connectivity index (χ2v) is 4.17. The van der Waals surface area contributed by atoms with E-state index >= 15 is 0 Å². The molecule has 0 aliphatic carbocycles. The molecule has 0 fully saturated rings. The van der Waals surface area contributed by atoms with E-state index in [1.807, 2.05) is 31.2 Å². The molecule has 0 heterocycles. The van der Waals surface area contributed by atoms with E-state index in [0.717, 1.165) is 11.1 Å². The molecule has 1 aromatic rings. The molecular formula is C10H11BrO. The maximum atomic E-state index is 11.0. The first-order valence-corrected chi connectivity index (χ1v) is 4.78. The average molecular weight is 227 g/mol. The minimum atomic E-state index is 0.116. The summed E-state index contributed by atoms with van der Waals surface area (Å²) in [5.74, 6) is 0.116. The van der Waals surface area contributed by atoms with Gasteiger partial charge in [0.05, 0.1) is 0 Å². The van der Waals surface area contributed by atoms with Gasteiger partial charge in [-0.2, -0.15) is 0 Å². The maximum absolute atomic E-state index is 11.0. The average Bonchev–Trinajstić information content (AvgIpc) is 2.04. The third-order valence-corrected chi connectivity index (χ3v) is 2.28. The molecule has 0 radical (unpaired) electrons. The summed E-state index contributed by atoms with van der Waals surface area (Å²) in [5, 5.41) is 0. The van der Waals surface area contributed by atoms with Crippen LogP contribution in [0.2, 0.25) is 0 Å². The van der Waals surface area contributed by atoms with Crippen molar-refractivity contribution in [1.82, 2.24) is 0 Å². The minimum Gasteiger partial charge on any atom is -0.295 e. The van der Waals surface area contributed by atoms with E-state index < -0.39 is 0 Å². The molecule has 64 valence electrons. The van der Waals surface area contributed by atoms with Crippen LogP contribution in [0.3, 0.4) is 0 Å². The van der Waals surface area contributed by atoms with Gasteiger partial charge in [-0.15, -0.1) is 0 Å². The predicted octanol–water partition coefficient (Wildman–Crippen LogP) is 3.35. The molecule has 2 heteroatoms. The molecule has 1 rings (SSSR count). The number of hydrogen-bond donors (Lipinski definition) is 0. The van der Waals surface area contributed by atoms with E-state index in [9.17, 15) is 4.79 Å². The fraction of sp³-hybridized carbons (Fsp3) is 0.300. The number of hydrogen-bond acceptors (Lipinski definition) is 1. The molecule has 0 spiro atoms. The van der Waals surface area contributed by atoms with Gasteiger partial charge in [-0.25, -0.2) is 0 Å². The van der Waals surface area contributed by atoms with Crippen LogP contribution in [0.25, 0.3) is 0 Å². The maximum Gasteiger partial charge on any atom is 0.159 e. The lowest BCUT2D eigenvalue weighted by atomic mass is 10.1. The summed E-state index contributed by atoms with van der Waals surface area (Å²) in [7, 11) is 0. The van der Waals surface area contributed by atoms with Crippen molar-refractivity contribution in [3.63, 3.8) is 0 Å². The van der Waals surface area contributed by atoms with Crippen LogP contribution in [0.5, 0.6) is 0 Å². The molecule has 1 atom stereocenters. The Kier molecular flexibility index (Phi) is 3.04. The van der Waals surface area contributed by atoms with Gasteiger partial charge < -0.3 is 0 Å². The van der Waals surface area contributed by atoms with Gasteiger partial charge in [0, 0.05) is 10.4 Å². The lowest BCUT2D eigenvalue weighted by Gasteiger charge is -2.04. The lowest BCUT2D eigenvalue weighted by Crippen LogP contribution is -1.93. The quantitative estimate of drug-likeness (QED) is 0.559. The summed E-state index contributed by atoms with van der Waals surface area (Å²) in [6.07, 6.45) is 0. The molecule has 0 N–H and O–H groups in total. The third kappa shape index (κ3) is 2.18. The Morgan fingerprint density at radius 3 is 2.67 bits per heavy atom. The molecule has 1 unspecified atom stereocenters. The highest BCUT2D eigenvalue weighted by Gasteiger charge is 2.03. The Morgan fingerprint density at radius 1 is 1.50 bits per heavy atom. The summed E-state index contributed by atoms with van der Waals surface area (Å²) in [4.78, 5) is 11.3. The lowest BCUT2D eigenvalue weighted by molar-refractivity contribution is 0.101. The molecule has 0 aliphatic heterocycles. The van der Waals surface area contributed by atoms with Crippen molar-refractivity contribution in [3.8, 4) is 0 Å². The summed E-state index contributed by atoms with van der Waals surface area (Å²) in [5.41, 5.74) is 1.92. The monoisotopic (exact) mass is 226 g/mol. The topological polar surface area (TPSA) is 17.1 Å². The van der Waals surface area contributed by atoms with Gasteiger partial charge in [-0.1, -0.05) is 34.1 Å². The molecular weight excluding hydrogens is 216 g/mol. The van der Waals surface area contributed by atoms with Gasteiger partial charge in [-0.05, 0) is 25.5 Å². The zero-order valence-corrected chi connectivity index (χ0v) is 8.76. The number of halogens is 1. The van der Waals surface area contributed by atoms with E-state index in [1.165, 1.54) is 0 Å². The summed E-state index contributed by atoms with van der Waals surface area (Å²) < 4.78 is 0. The number of carbonyl (C=O) groups excluding carboxylic acids is 1. The number of benzene rings is 1. The van der Waals surface area contributed by atoms with Gasteiger partial charge in [0.1, 0.15) is 0 Å². The van der Waals surface area contributed by atoms with Gasteiger partial charge in [0.25, 0.3) is 0 Å². The van der Waals surface area contributed by atoms with Crippen molar-refractivity contribution in [1.29, 1.82) is 0 Å². The summed E-state index contributed by atoms with van der Waals surface area (Å²) in [6, 6.07) is 7.67. The van der Waals surface area contributed by atoms with E-state index in [-0.39, 0.29) is 5.78 Å². The fourth-order valence-corrected chi connectivity index (χ4v) is 1.29. The molecule has 0 aliphatic rings. The Bertz CT molecular complexity index is 292. The standard InChI is InChI=1S/C10H11BrO/c1-7(11)9-4-3-5-10(6-9)8(2)12/h3-7H,1-2H3. The summed E-state index contributed by atoms with van der Waals surface area (Å²) in [6.45, 7) is 3.62. The van der Waals surface area contributed by atoms with E-state index in [0.29, 0.717) is 4.83 Å². The van der Waals surface area contributed by atoms with Crippen LogP contribution in [0.1, 0.15) is 34.6 Å². The number of rotatable bonds is 2. The molecule has 0 bridgehead atoms. The van der Waals surface area contributed by atoms with Crippen LogP contribution < -0.4 is 0 Å². The van der Waals surface area contributed by atoms with Gasteiger partial charge >= 0.3 is 0 Å². The Labute approximate surface area is 80.9 Å².